The summed E-state index contributed by atoms with van der Waals surface area (Å²) in [6.45, 7) is 19.5. The average Bonchev–Trinajstić information content (AvgIpc) is 3.40. The first kappa shape index (κ1) is 41.1. The monoisotopic (exact) mass is 671 g/mol. The van der Waals surface area contributed by atoms with Crippen LogP contribution in [0, 0.1) is 22.7 Å². The second-order valence-corrected chi connectivity index (χ2v) is 15.2. The molecular formula is C31H57N7O7S. The van der Waals surface area contributed by atoms with E-state index in [9.17, 15) is 32.7 Å². The number of carbonyl (C=O) groups excluding carboxylic acids is 5. The number of nitrogens with zero attached hydrogens (tertiary/aromatic N) is 2. The maximum absolute atomic E-state index is 14.1. The third-order valence-corrected chi connectivity index (χ3v) is 8.89. The highest BCUT2D eigenvalue weighted by Crippen LogP contribution is 2.33. The van der Waals surface area contributed by atoms with Gasteiger partial charge in [-0.05, 0) is 49.1 Å². The number of rotatable bonds is 17. The number of carbonyl (C=O) groups is 5. The Morgan fingerprint density at radius 1 is 1.04 bits per heavy atom. The second kappa shape index (κ2) is 18.5. The quantitative estimate of drug-likeness (QED) is 0.0572. The maximum Gasteiger partial charge on any atom is 0.315 e. The number of ketones is 1. The van der Waals surface area contributed by atoms with E-state index in [1.807, 2.05) is 34.6 Å². The first-order chi connectivity index (χ1) is 21.3. The first-order valence-corrected chi connectivity index (χ1v) is 16.9. The molecule has 0 saturated carbocycles. The van der Waals surface area contributed by atoms with E-state index in [1.54, 1.807) is 27.8 Å². The Bertz CT molecular complexity index is 1100. The van der Waals surface area contributed by atoms with Crippen LogP contribution < -0.4 is 26.6 Å². The number of Topliss-reactive ketones (excluding diaryl/α,β-unsaturated/α-hetero) is 1. The molecule has 6 N–H and O–H groups in total. The van der Waals surface area contributed by atoms with Gasteiger partial charge in [-0.25, -0.2) is 9.00 Å². The number of amides is 5. The Kier molecular flexibility index (Phi) is 16.5. The van der Waals surface area contributed by atoms with Gasteiger partial charge in [0.1, 0.15) is 12.1 Å². The van der Waals surface area contributed by atoms with E-state index >= 15 is 0 Å². The van der Waals surface area contributed by atoms with Gasteiger partial charge >= 0.3 is 6.03 Å². The molecule has 15 heteroatoms. The Morgan fingerprint density at radius 3 is 2.17 bits per heavy atom. The van der Waals surface area contributed by atoms with Gasteiger partial charge in [-0.3, -0.25) is 23.7 Å². The molecule has 5 amide bonds. The van der Waals surface area contributed by atoms with Crippen molar-refractivity contribution in [1.29, 1.82) is 0 Å². The highest BCUT2D eigenvalue weighted by Gasteiger charge is 2.47. The fourth-order valence-corrected chi connectivity index (χ4v) is 5.83. The van der Waals surface area contributed by atoms with Crippen molar-refractivity contribution in [2.45, 2.75) is 86.4 Å². The molecule has 0 radical (unpaired) electrons. The van der Waals surface area contributed by atoms with Crippen molar-refractivity contribution in [3.8, 4) is 0 Å². The van der Waals surface area contributed by atoms with Gasteiger partial charge in [0.2, 0.25) is 28.9 Å². The van der Waals surface area contributed by atoms with Crippen LogP contribution in [0.15, 0.2) is 12.7 Å². The van der Waals surface area contributed by atoms with Crippen molar-refractivity contribution in [1.82, 2.24) is 35.8 Å². The van der Waals surface area contributed by atoms with E-state index < -0.39 is 76.3 Å². The van der Waals surface area contributed by atoms with Crippen LogP contribution in [-0.4, -0.2) is 112 Å². The lowest BCUT2D eigenvalue weighted by Gasteiger charge is -2.38. The minimum atomic E-state index is -2.25. The number of urea groups is 1. The molecule has 14 nitrogen and oxygen atoms in total. The van der Waals surface area contributed by atoms with Gasteiger partial charge in [-0.2, -0.15) is 4.31 Å². The van der Waals surface area contributed by atoms with Crippen LogP contribution in [-0.2, 0) is 30.4 Å². The van der Waals surface area contributed by atoms with Crippen LogP contribution in [0.5, 0.6) is 0 Å². The average molecular weight is 672 g/mol. The Balaban J connectivity index is 3.19. The fourth-order valence-electron chi connectivity index (χ4n) is 5.26. The van der Waals surface area contributed by atoms with E-state index in [0.717, 1.165) is 0 Å². The predicted octanol–water partition coefficient (Wildman–Crippen LogP) is 1.02. The first-order valence-electron chi connectivity index (χ1n) is 15.8. The van der Waals surface area contributed by atoms with Crippen LogP contribution in [0.2, 0.25) is 0 Å². The van der Waals surface area contributed by atoms with Gasteiger partial charge in [0.05, 0.1) is 6.54 Å². The number of nitrogens with one attached hydrogen (secondary N) is 5. The van der Waals surface area contributed by atoms with Crippen molar-refractivity contribution in [2.75, 3.05) is 46.3 Å². The zero-order valence-electron chi connectivity index (χ0n) is 29.0. The number of hydrogen-bond donors (Lipinski definition) is 6. The largest absolute Gasteiger partial charge is 0.347 e. The Labute approximate surface area is 277 Å². The summed E-state index contributed by atoms with van der Waals surface area (Å²) < 4.78 is 23.3. The van der Waals surface area contributed by atoms with Crippen LogP contribution in [0.4, 0.5) is 4.79 Å². The fraction of sp³-hybridized carbons (Fsp3) is 0.774. The normalized spacial score (nSPS) is 18.9. The highest BCUT2D eigenvalue weighted by molar-refractivity contribution is 7.76. The Hall–Kier alpha value is -2.88. The smallest absolute Gasteiger partial charge is 0.315 e. The third kappa shape index (κ3) is 12.7. The lowest BCUT2D eigenvalue weighted by atomic mass is 9.84. The molecule has 1 saturated heterocycles. The molecule has 0 aromatic heterocycles. The van der Waals surface area contributed by atoms with Crippen molar-refractivity contribution >= 4 is 40.8 Å². The van der Waals surface area contributed by atoms with E-state index in [-0.39, 0.29) is 31.5 Å². The molecule has 264 valence electrons. The molecule has 1 aliphatic rings. The molecule has 1 fully saturated rings. The van der Waals surface area contributed by atoms with Crippen LogP contribution in [0.3, 0.4) is 0 Å². The lowest BCUT2D eigenvalue weighted by Crippen LogP contribution is -2.62. The zero-order chi connectivity index (χ0) is 35.4. The zero-order valence-corrected chi connectivity index (χ0v) is 29.8. The summed E-state index contributed by atoms with van der Waals surface area (Å²) >= 11 is -2.25. The van der Waals surface area contributed by atoms with Crippen molar-refractivity contribution < 1.29 is 32.7 Å². The minimum Gasteiger partial charge on any atom is -0.347 e. The molecule has 1 unspecified atom stereocenters. The molecule has 0 aromatic rings. The molecule has 1 rings (SSSR count). The summed E-state index contributed by atoms with van der Waals surface area (Å²) in [6, 6.07) is -3.10. The molecule has 1 heterocycles. The third-order valence-electron chi connectivity index (χ3n) is 8.12. The molecule has 1 aliphatic heterocycles. The van der Waals surface area contributed by atoms with Crippen molar-refractivity contribution in [2.24, 2.45) is 22.7 Å². The minimum absolute atomic E-state index is 0.0326. The standard InChI is InChI=1S/C31H57N7O7S/c1-11-14-33-26(40)22(39)18-34-27(41)24-21(20(2)3)13-17-38(24)28(42)25(31(7,8)9)36-29(43)35-23(30(4,5)6)19-37(46(44)45)16-12-15-32-10/h11,20-21,23-25,32H,1,12-19H2,2-10H3,(H,33,40)(H,34,41)(H,44,45)(H2,35,36,43)/t21-,23-,24+,25-/m1/s1. The maximum atomic E-state index is 14.1. The van der Waals surface area contributed by atoms with Gasteiger partial charge in [-0.1, -0.05) is 61.5 Å². The van der Waals surface area contributed by atoms with Gasteiger partial charge in [0.15, 0.2) is 0 Å². The van der Waals surface area contributed by atoms with Crippen LogP contribution in [0.25, 0.3) is 0 Å². The lowest BCUT2D eigenvalue weighted by molar-refractivity contribution is -0.143. The Morgan fingerprint density at radius 2 is 1.67 bits per heavy atom. The van der Waals surface area contributed by atoms with Crippen molar-refractivity contribution in [3.05, 3.63) is 12.7 Å². The summed E-state index contributed by atoms with van der Waals surface area (Å²) in [5, 5.41) is 13.7. The topological polar surface area (TPSA) is 189 Å². The van der Waals surface area contributed by atoms with E-state index in [0.29, 0.717) is 25.9 Å². The summed E-state index contributed by atoms with van der Waals surface area (Å²) in [7, 11) is 1.80. The summed E-state index contributed by atoms with van der Waals surface area (Å²) in [6.07, 6.45) is 2.61. The van der Waals surface area contributed by atoms with Gasteiger partial charge in [-0.15, -0.1) is 6.58 Å². The number of hydrogen-bond acceptors (Lipinski definition) is 7. The molecule has 46 heavy (non-hydrogen) atoms. The second-order valence-electron chi connectivity index (χ2n) is 14.2. The summed E-state index contributed by atoms with van der Waals surface area (Å²) in [4.78, 5) is 66.8. The van der Waals surface area contributed by atoms with E-state index in [1.165, 1.54) is 15.3 Å². The molecule has 0 aromatic carbocycles. The highest BCUT2D eigenvalue weighted by atomic mass is 32.2. The van der Waals surface area contributed by atoms with E-state index in [4.69, 9.17) is 0 Å². The van der Waals surface area contributed by atoms with Gasteiger partial charge in [0.25, 0.3) is 5.91 Å². The predicted molar refractivity (Wildman–Crippen MR) is 179 cm³/mol. The molecule has 0 spiro atoms. The molecule has 0 aliphatic carbocycles. The summed E-state index contributed by atoms with van der Waals surface area (Å²) in [5.41, 5.74) is -1.25. The van der Waals surface area contributed by atoms with E-state index in [2.05, 4.69) is 33.2 Å². The van der Waals surface area contributed by atoms with Crippen LogP contribution in [0.1, 0.15) is 68.2 Å². The molecule has 0 bridgehead atoms. The van der Waals surface area contributed by atoms with Gasteiger partial charge in [0, 0.05) is 32.2 Å². The van der Waals surface area contributed by atoms with Crippen molar-refractivity contribution in [3.63, 3.8) is 0 Å². The van der Waals surface area contributed by atoms with Crippen LogP contribution >= 0.6 is 0 Å². The molecular weight excluding hydrogens is 614 g/mol. The number of likely N-dealkylation sites (tertiary alicyclic amines) is 1. The van der Waals surface area contributed by atoms with Gasteiger partial charge < -0.3 is 31.5 Å². The summed E-state index contributed by atoms with van der Waals surface area (Å²) in [5.74, 6) is -2.83. The SMILES string of the molecule is C=CCNC(=O)C(=O)CNC(=O)[C@@H]1[C@@H](C(C)C)CCN1C(=O)[C@@H](NC(=O)N[C@H](CN(CCCNC)S(=O)O)C(C)(C)C)C(C)(C)C. The molecule has 5 atom stereocenters.